The number of hydrogen-bond acceptors (Lipinski definition) is 4. The molecule has 0 unspecified atom stereocenters. The molecule has 0 aromatic rings. The van der Waals surface area contributed by atoms with Crippen molar-refractivity contribution in [2.45, 2.75) is 129 Å². The Bertz CT molecular complexity index is 516. The summed E-state index contributed by atoms with van der Waals surface area (Å²) < 4.78 is 5.29. The monoisotopic (exact) mass is 446 g/mol. The molecule has 0 rings (SSSR count). The minimum atomic E-state index is -0.0610. The first-order valence-corrected chi connectivity index (χ1v) is 13.4. The van der Waals surface area contributed by atoms with Gasteiger partial charge in [0.2, 0.25) is 0 Å². The second-order valence-electron chi connectivity index (χ2n) is 8.82. The molecule has 0 N–H and O–H groups in total. The molecular weight excluding hydrogens is 396 g/mol. The van der Waals surface area contributed by atoms with Gasteiger partial charge in [0.25, 0.3) is 0 Å². The molecule has 32 heavy (non-hydrogen) atoms. The van der Waals surface area contributed by atoms with Crippen molar-refractivity contribution in [2.75, 3.05) is 26.2 Å². The van der Waals surface area contributed by atoms with E-state index < -0.39 is 0 Å². The molecule has 0 saturated carbocycles. The lowest BCUT2D eigenvalue weighted by Crippen LogP contribution is -2.27. The Morgan fingerprint density at radius 2 is 1.28 bits per heavy atom. The summed E-state index contributed by atoms with van der Waals surface area (Å²) >= 11 is 0. The van der Waals surface area contributed by atoms with E-state index in [0.29, 0.717) is 19.4 Å². The molecule has 0 aliphatic rings. The highest BCUT2D eigenvalue weighted by atomic mass is 16.5. The SMILES string of the molecule is CCCC#CCCCOC(=O)CCCCCCCN(CCCC#N)CCCCCCCC. The van der Waals surface area contributed by atoms with Gasteiger partial charge in [-0.25, -0.2) is 0 Å². The van der Waals surface area contributed by atoms with Crippen molar-refractivity contribution in [3.63, 3.8) is 0 Å². The summed E-state index contributed by atoms with van der Waals surface area (Å²) in [5.74, 6) is 6.17. The smallest absolute Gasteiger partial charge is 0.305 e. The third kappa shape index (κ3) is 23.1. The molecule has 4 heteroatoms. The van der Waals surface area contributed by atoms with E-state index in [9.17, 15) is 4.79 Å². The second-order valence-corrected chi connectivity index (χ2v) is 8.82. The topological polar surface area (TPSA) is 53.3 Å². The van der Waals surface area contributed by atoms with E-state index in [2.05, 4.69) is 36.7 Å². The number of rotatable bonds is 22. The van der Waals surface area contributed by atoms with Crippen LogP contribution in [-0.2, 0) is 9.53 Å². The van der Waals surface area contributed by atoms with Crippen molar-refractivity contribution in [2.24, 2.45) is 0 Å². The zero-order chi connectivity index (χ0) is 23.5. The Hall–Kier alpha value is -1.52. The maximum absolute atomic E-state index is 11.8. The van der Waals surface area contributed by atoms with Crippen LogP contribution in [0.4, 0.5) is 0 Å². The molecule has 0 aromatic carbocycles. The molecule has 0 aromatic heterocycles. The Morgan fingerprint density at radius 3 is 1.94 bits per heavy atom. The number of nitrogens with zero attached hydrogens (tertiary/aromatic N) is 2. The number of esters is 1. The van der Waals surface area contributed by atoms with Gasteiger partial charge < -0.3 is 9.64 Å². The van der Waals surface area contributed by atoms with Crippen molar-refractivity contribution >= 4 is 5.97 Å². The van der Waals surface area contributed by atoms with Crippen LogP contribution in [0.3, 0.4) is 0 Å². The molecule has 0 amide bonds. The Labute approximate surface area is 199 Å². The third-order valence-corrected chi connectivity index (χ3v) is 5.66. The fourth-order valence-corrected chi connectivity index (χ4v) is 3.69. The zero-order valence-corrected chi connectivity index (χ0v) is 21.3. The summed E-state index contributed by atoms with van der Waals surface area (Å²) in [5, 5.41) is 8.80. The normalized spacial score (nSPS) is 10.6. The van der Waals surface area contributed by atoms with Gasteiger partial charge in [-0.3, -0.25) is 4.79 Å². The Kier molecular flexibility index (Phi) is 24.5. The highest BCUT2D eigenvalue weighted by Gasteiger charge is 2.05. The minimum absolute atomic E-state index is 0.0610. The van der Waals surface area contributed by atoms with Gasteiger partial charge in [0.05, 0.1) is 12.7 Å². The molecule has 4 nitrogen and oxygen atoms in total. The molecule has 0 radical (unpaired) electrons. The van der Waals surface area contributed by atoms with Crippen molar-refractivity contribution in [3.8, 4) is 17.9 Å². The van der Waals surface area contributed by atoms with Crippen molar-refractivity contribution in [3.05, 3.63) is 0 Å². The molecule has 0 spiro atoms. The number of carbonyl (C=O) groups excluding carboxylic acids is 1. The summed E-state index contributed by atoms with van der Waals surface area (Å²) in [6.45, 7) is 8.26. The van der Waals surface area contributed by atoms with Crippen LogP contribution >= 0.6 is 0 Å². The highest BCUT2D eigenvalue weighted by molar-refractivity contribution is 5.69. The van der Waals surface area contributed by atoms with Crippen molar-refractivity contribution < 1.29 is 9.53 Å². The van der Waals surface area contributed by atoms with Crippen LogP contribution in [0.5, 0.6) is 0 Å². The Balaban J connectivity index is 3.70. The number of ether oxygens (including phenoxy) is 1. The number of carbonyl (C=O) groups is 1. The first kappa shape index (κ1) is 30.5. The standard InChI is InChI=1S/C28H50N2O2/c1-3-5-7-9-13-18-24-30(26-20-17-23-29)25-19-14-11-12-16-22-28(31)32-27-21-15-10-8-6-4-2/h3-7,9,11-22,24-27H2,1-2H3. The van der Waals surface area contributed by atoms with Gasteiger partial charge in [0.15, 0.2) is 0 Å². The molecule has 0 heterocycles. The predicted molar refractivity (Wildman–Crippen MR) is 135 cm³/mol. The lowest BCUT2D eigenvalue weighted by atomic mass is 10.1. The van der Waals surface area contributed by atoms with E-state index in [1.54, 1.807) is 0 Å². The van der Waals surface area contributed by atoms with Crippen LogP contribution in [0.2, 0.25) is 0 Å². The predicted octanol–water partition coefficient (Wildman–Crippen LogP) is 7.42. The first-order valence-electron chi connectivity index (χ1n) is 13.4. The van der Waals surface area contributed by atoms with E-state index in [4.69, 9.17) is 10.00 Å². The molecule has 184 valence electrons. The van der Waals surface area contributed by atoms with Gasteiger partial charge in [-0.05, 0) is 58.2 Å². The number of nitriles is 1. The molecule has 0 fully saturated rings. The summed E-state index contributed by atoms with van der Waals surface area (Å²) in [7, 11) is 0. The molecule has 0 aliphatic heterocycles. The Morgan fingerprint density at radius 1 is 0.688 bits per heavy atom. The van der Waals surface area contributed by atoms with E-state index in [0.717, 1.165) is 58.0 Å². The van der Waals surface area contributed by atoms with Gasteiger partial charge in [-0.15, -0.1) is 11.8 Å². The van der Waals surface area contributed by atoms with E-state index in [1.165, 1.54) is 64.3 Å². The molecular formula is C28H50N2O2. The van der Waals surface area contributed by atoms with Crippen LogP contribution in [-0.4, -0.2) is 37.1 Å². The maximum Gasteiger partial charge on any atom is 0.305 e. The highest BCUT2D eigenvalue weighted by Crippen LogP contribution is 2.10. The second kappa shape index (κ2) is 25.7. The van der Waals surface area contributed by atoms with Gasteiger partial charge in [0.1, 0.15) is 0 Å². The molecule has 0 atom stereocenters. The summed E-state index contributed by atoms with van der Waals surface area (Å²) in [5.41, 5.74) is 0. The fraction of sp³-hybridized carbons (Fsp3) is 0.857. The van der Waals surface area contributed by atoms with Gasteiger partial charge in [-0.1, -0.05) is 65.2 Å². The van der Waals surface area contributed by atoms with Gasteiger partial charge in [-0.2, -0.15) is 5.26 Å². The average Bonchev–Trinajstić information content (AvgIpc) is 2.79. The minimum Gasteiger partial charge on any atom is -0.466 e. The number of hydrogen-bond donors (Lipinski definition) is 0. The van der Waals surface area contributed by atoms with Gasteiger partial charge in [0, 0.05) is 25.7 Å². The van der Waals surface area contributed by atoms with E-state index >= 15 is 0 Å². The quantitative estimate of drug-likeness (QED) is 0.0986. The van der Waals surface area contributed by atoms with Crippen LogP contribution in [0.15, 0.2) is 0 Å². The number of unbranched alkanes of at least 4 members (excludes halogenated alkanes) is 12. The van der Waals surface area contributed by atoms with Crippen LogP contribution < -0.4 is 0 Å². The zero-order valence-electron chi connectivity index (χ0n) is 21.3. The third-order valence-electron chi connectivity index (χ3n) is 5.66. The molecule has 0 aliphatic carbocycles. The lowest BCUT2D eigenvalue weighted by Gasteiger charge is -2.22. The van der Waals surface area contributed by atoms with Gasteiger partial charge >= 0.3 is 5.97 Å². The lowest BCUT2D eigenvalue weighted by molar-refractivity contribution is -0.143. The summed E-state index contributed by atoms with van der Waals surface area (Å²) in [4.78, 5) is 14.3. The van der Waals surface area contributed by atoms with Crippen molar-refractivity contribution in [1.82, 2.24) is 4.90 Å². The molecule has 0 saturated heterocycles. The largest absolute Gasteiger partial charge is 0.466 e. The summed E-state index contributed by atoms with van der Waals surface area (Å²) in [6, 6.07) is 2.27. The molecule has 0 bridgehead atoms. The maximum atomic E-state index is 11.8. The van der Waals surface area contributed by atoms with E-state index in [-0.39, 0.29) is 5.97 Å². The van der Waals surface area contributed by atoms with Crippen molar-refractivity contribution in [1.29, 1.82) is 5.26 Å². The average molecular weight is 447 g/mol. The first-order chi connectivity index (χ1) is 15.7. The summed E-state index contributed by atoms with van der Waals surface area (Å²) in [6.07, 6.45) is 19.5. The van der Waals surface area contributed by atoms with Crippen LogP contribution in [0.25, 0.3) is 0 Å². The van der Waals surface area contributed by atoms with Crippen LogP contribution in [0, 0.1) is 23.2 Å². The van der Waals surface area contributed by atoms with Crippen LogP contribution in [0.1, 0.15) is 129 Å². The van der Waals surface area contributed by atoms with E-state index in [1.807, 2.05) is 0 Å². The fourth-order valence-electron chi connectivity index (χ4n) is 3.69.